The molecule has 1 aliphatic heterocycles. The standard InChI is InChI=1S/C30H29NO6/c1-3-35-28(33)30(29(34)36-4-2)25(23-16-10-6-11-17-23)26(27(32)37-24-18-12-7-13-19-24)31(30)21-20-22-14-8-5-9-15-22/h5-21,25-26H,3-4H2,1-2H3/b21-20+. The van der Waals surface area contributed by atoms with Crippen molar-refractivity contribution in [1.29, 1.82) is 0 Å². The van der Waals surface area contributed by atoms with Crippen LogP contribution in [0.2, 0.25) is 0 Å². The van der Waals surface area contributed by atoms with Crippen molar-refractivity contribution in [1.82, 2.24) is 4.90 Å². The van der Waals surface area contributed by atoms with Gasteiger partial charge in [0.05, 0.1) is 19.1 Å². The van der Waals surface area contributed by atoms with Crippen LogP contribution in [-0.2, 0) is 23.9 Å². The molecule has 0 amide bonds. The van der Waals surface area contributed by atoms with Crippen molar-refractivity contribution in [3.8, 4) is 5.75 Å². The van der Waals surface area contributed by atoms with Gasteiger partial charge in [0.1, 0.15) is 11.8 Å². The van der Waals surface area contributed by atoms with Crippen molar-refractivity contribution < 1.29 is 28.6 Å². The smallest absolute Gasteiger partial charge is 0.344 e. The SMILES string of the molecule is CCOC(=O)C1(C(=O)OCC)C(c2ccccc2)C(C(=O)Oc2ccccc2)N1/C=C/c1ccccc1. The van der Waals surface area contributed by atoms with Gasteiger partial charge in [0.15, 0.2) is 0 Å². The highest BCUT2D eigenvalue weighted by Crippen LogP contribution is 2.52. The van der Waals surface area contributed by atoms with E-state index >= 15 is 0 Å². The summed E-state index contributed by atoms with van der Waals surface area (Å²) in [5.41, 5.74) is -0.482. The molecule has 7 nitrogen and oxygen atoms in total. The number of esters is 3. The van der Waals surface area contributed by atoms with E-state index in [4.69, 9.17) is 14.2 Å². The number of benzene rings is 3. The third-order valence-electron chi connectivity index (χ3n) is 6.24. The highest BCUT2D eigenvalue weighted by Gasteiger charge is 2.73. The van der Waals surface area contributed by atoms with Gasteiger partial charge in [-0.2, -0.15) is 0 Å². The quantitative estimate of drug-likeness (QED) is 0.242. The molecule has 0 aromatic heterocycles. The van der Waals surface area contributed by atoms with Crippen molar-refractivity contribution in [2.45, 2.75) is 31.3 Å². The monoisotopic (exact) mass is 499 g/mol. The molecule has 3 aromatic carbocycles. The van der Waals surface area contributed by atoms with Crippen molar-refractivity contribution in [2.24, 2.45) is 0 Å². The predicted octanol–water partition coefficient (Wildman–Crippen LogP) is 4.60. The summed E-state index contributed by atoms with van der Waals surface area (Å²) in [6, 6.07) is 26.0. The summed E-state index contributed by atoms with van der Waals surface area (Å²) in [6.45, 7) is 3.43. The van der Waals surface area contributed by atoms with Gasteiger partial charge >= 0.3 is 17.9 Å². The van der Waals surface area contributed by atoms with E-state index in [2.05, 4.69) is 0 Å². The van der Waals surface area contributed by atoms with E-state index in [1.54, 1.807) is 74.7 Å². The Morgan fingerprint density at radius 2 is 1.30 bits per heavy atom. The molecule has 1 aliphatic rings. The van der Waals surface area contributed by atoms with E-state index in [9.17, 15) is 14.4 Å². The van der Waals surface area contributed by atoms with Crippen LogP contribution in [-0.4, -0.2) is 47.6 Å². The number of hydrogen-bond acceptors (Lipinski definition) is 7. The number of hydrogen-bond donors (Lipinski definition) is 0. The zero-order chi connectivity index (χ0) is 26.3. The number of carbonyl (C=O) groups excluding carboxylic acids is 3. The Bertz CT molecular complexity index is 1220. The maximum Gasteiger partial charge on any atom is 0.344 e. The molecule has 1 fully saturated rings. The number of rotatable bonds is 9. The van der Waals surface area contributed by atoms with Gasteiger partial charge in [-0.1, -0.05) is 78.9 Å². The lowest BCUT2D eigenvalue weighted by atomic mass is 9.64. The lowest BCUT2D eigenvalue weighted by molar-refractivity contribution is -0.196. The van der Waals surface area contributed by atoms with E-state index in [1.807, 2.05) is 42.5 Å². The minimum atomic E-state index is -1.92. The highest BCUT2D eigenvalue weighted by molar-refractivity contribution is 6.10. The van der Waals surface area contributed by atoms with E-state index in [-0.39, 0.29) is 13.2 Å². The summed E-state index contributed by atoms with van der Waals surface area (Å²) >= 11 is 0. The van der Waals surface area contributed by atoms with Gasteiger partial charge in [-0.3, -0.25) is 0 Å². The minimum Gasteiger partial charge on any atom is -0.464 e. The molecule has 37 heavy (non-hydrogen) atoms. The number of likely N-dealkylation sites (tertiary alicyclic amines) is 1. The summed E-state index contributed by atoms with van der Waals surface area (Å²) in [6.07, 6.45) is 3.30. The van der Waals surface area contributed by atoms with Crippen LogP contribution < -0.4 is 4.74 Å². The van der Waals surface area contributed by atoms with E-state index < -0.39 is 35.4 Å². The summed E-state index contributed by atoms with van der Waals surface area (Å²) in [4.78, 5) is 42.4. The summed E-state index contributed by atoms with van der Waals surface area (Å²) in [5.74, 6) is -2.74. The summed E-state index contributed by atoms with van der Waals surface area (Å²) < 4.78 is 16.6. The first-order chi connectivity index (χ1) is 18.0. The van der Waals surface area contributed by atoms with E-state index in [1.165, 1.54) is 4.90 Å². The van der Waals surface area contributed by atoms with Crippen molar-refractivity contribution in [3.05, 3.63) is 108 Å². The van der Waals surface area contributed by atoms with Gasteiger partial charge in [0.25, 0.3) is 0 Å². The van der Waals surface area contributed by atoms with Gasteiger partial charge < -0.3 is 19.1 Å². The van der Waals surface area contributed by atoms with Gasteiger partial charge in [0, 0.05) is 6.20 Å². The lowest BCUT2D eigenvalue weighted by Crippen LogP contribution is -2.79. The van der Waals surface area contributed by atoms with Crippen molar-refractivity contribution in [2.75, 3.05) is 13.2 Å². The average Bonchev–Trinajstić information content (AvgIpc) is 2.90. The third kappa shape index (κ3) is 4.98. The molecule has 4 rings (SSSR count). The fraction of sp³-hybridized carbons (Fsp3) is 0.233. The second-order valence-electron chi connectivity index (χ2n) is 8.41. The number of nitrogens with zero attached hydrogens (tertiary/aromatic N) is 1. The Hall–Kier alpha value is -4.39. The Labute approximate surface area is 216 Å². The zero-order valence-corrected chi connectivity index (χ0v) is 20.8. The van der Waals surface area contributed by atoms with Gasteiger partial charge in [0.2, 0.25) is 5.54 Å². The van der Waals surface area contributed by atoms with E-state index in [0.29, 0.717) is 11.3 Å². The molecular weight excluding hydrogens is 470 g/mol. The molecule has 2 unspecified atom stereocenters. The Morgan fingerprint density at radius 3 is 1.84 bits per heavy atom. The topological polar surface area (TPSA) is 82.1 Å². The Balaban J connectivity index is 1.87. The lowest BCUT2D eigenvalue weighted by Gasteiger charge is -2.58. The molecular formula is C30H29NO6. The molecule has 0 N–H and O–H groups in total. The largest absolute Gasteiger partial charge is 0.464 e. The zero-order valence-electron chi connectivity index (χ0n) is 20.8. The van der Waals surface area contributed by atoms with Crippen LogP contribution in [0.3, 0.4) is 0 Å². The van der Waals surface area contributed by atoms with E-state index in [0.717, 1.165) is 5.56 Å². The predicted molar refractivity (Wildman–Crippen MR) is 138 cm³/mol. The van der Waals surface area contributed by atoms with Crippen LogP contribution in [0.4, 0.5) is 0 Å². The second-order valence-corrected chi connectivity index (χ2v) is 8.41. The number of carbonyl (C=O) groups is 3. The van der Waals surface area contributed by atoms with Gasteiger partial charge in [-0.15, -0.1) is 0 Å². The molecule has 7 heteroatoms. The molecule has 190 valence electrons. The van der Waals surface area contributed by atoms with Gasteiger partial charge in [-0.05, 0) is 43.2 Å². The van der Waals surface area contributed by atoms with Crippen LogP contribution in [0.1, 0.15) is 30.9 Å². The van der Waals surface area contributed by atoms with Crippen LogP contribution in [0.5, 0.6) is 5.75 Å². The fourth-order valence-corrected chi connectivity index (χ4v) is 4.66. The van der Waals surface area contributed by atoms with Crippen molar-refractivity contribution in [3.63, 3.8) is 0 Å². The molecule has 0 aliphatic carbocycles. The summed E-state index contributed by atoms with van der Waals surface area (Å²) in [5, 5.41) is 0. The first-order valence-corrected chi connectivity index (χ1v) is 12.2. The first-order valence-electron chi connectivity index (χ1n) is 12.2. The summed E-state index contributed by atoms with van der Waals surface area (Å²) in [7, 11) is 0. The molecule has 1 heterocycles. The molecule has 0 bridgehead atoms. The van der Waals surface area contributed by atoms with Gasteiger partial charge in [-0.25, -0.2) is 14.4 Å². The molecule has 0 saturated carbocycles. The molecule has 3 aromatic rings. The number of para-hydroxylation sites is 1. The highest BCUT2D eigenvalue weighted by atomic mass is 16.6. The third-order valence-corrected chi connectivity index (χ3v) is 6.24. The van der Waals surface area contributed by atoms with Crippen LogP contribution in [0.15, 0.2) is 97.2 Å². The molecule has 0 spiro atoms. The second kappa shape index (κ2) is 11.6. The van der Waals surface area contributed by atoms with Crippen LogP contribution in [0.25, 0.3) is 6.08 Å². The maximum absolute atomic E-state index is 13.6. The Morgan fingerprint density at radius 1 is 0.784 bits per heavy atom. The number of ether oxygens (including phenoxy) is 3. The van der Waals surface area contributed by atoms with Crippen LogP contribution >= 0.6 is 0 Å². The first kappa shape index (κ1) is 25.7. The van der Waals surface area contributed by atoms with Crippen LogP contribution in [0, 0.1) is 0 Å². The Kier molecular flexibility index (Phi) is 8.03. The molecule has 2 atom stereocenters. The minimum absolute atomic E-state index is 0.0524. The fourth-order valence-electron chi connectivity index (χ4n) is 4.66. The average molecular weight is 500 g/mol. The normalized spacial score (nSPS) is 18.1. The van der Waals surface area contributed by atoms with Crippen molar-refractivity contribution >= 4 is 24.0 Å². The molecule has 0 radical (unpaired) electrons. The molecule has 1 saturated heterocycles. The maximum atomic E-state index is 13.6.